The van der Waals surface area contributed by atoms with E-state index in [1.807, 2.05) is 12.1 Å². The first-order valence-electron chi connectivity index (χ1n) is 7.44. The van der Waals surface area contributed by atoms with Gasteiger partial charge in [0, 0.05) is 5.56 Å². The molecule has 1 aliphatic heterocycles. The van der Waals surface area contributed by atoms with Crippen molar-refractivity contribution in [3.63, 3.8) is 0 Å². The second kappa shape index (κ2) is 5.20. The second-order valence-corrected chi connectivity index (χ2v) is 6.09. The Bertz CT molecular complexity index is 517. The fourth-order valence-corrected chi connectivity index (χ4v) is 3.45. The van der Waals surface area contributed by atoms with Crippen molar-refractivity contribution < 1.29 is 23.0 Å². The maximum absolute atomic E-state index is 12.8. The minimum absolute atomic E-state index is 0.0241. The van der Waals surface area contributed by atoms with Crippen molar-refractivity contribution in [3.8, 4) is 5.75 Å². The van der Waals surface area contributed by atoms with Gasteiger partial charge in [-0.25, -0.2) is 0 Å². The van der Waals surface area contributed by atoms with Gasteiger partial charge in [-0.3, -0.25) is 0 Å². The van der Waals surface area contributed by atoms with Gasteiger partial charge in [0.2, 0.25) is 0 Å². The van der Waals surface area contributed by atoms with E-state index in [2.05, 4.69) is 0 Å². The topological polar surface area (TPSA) is 29.5 Å². The Morgan fingerprint density at radius 2 is 1.90 bits per heavy atom. The quantitative estimate of drug-likeness (QED) is 0.851. The Morgan fingerprint density at radius 3 is 2.57 bits per heavy atom. The van der Waals surface area contributed by atoms with Crippen LogP contribution in [0.5, 0.6) is 5.75 Å². The minimum atomic E-state index is -4.16. The van der Waals surface area contributed by atoms with Crippen molar-refractivity contribution in [2.24, 2.45) is 5.92 Å². The molecule has 0 bridgehead atoms. The molecule has 5 heteroatoms. The Balaban J connectivity index is 1.85. The zero-order valence-corrected chi connectivity index (χ0v) is 11.7. The molecule has 0 atom stereocenters. The van der Waals surface area contributed by atoms with Crippen molar-refractivity contribution in [3.05, 3.63) is 29.3 Å². The van der Waals surface area contributed by atoms with E-state index < -0.39 is 17.7 Å². The summed E-state index contributed by atoms with van der Waals surface area (Å²) in [6.45, 7) is 0.602. The van der Waals surface area contributed by atoms with Crippen LogP contribution in [0.1, 0.15) is 43.2 Å². The van der Waals surface area contributed by atoms with Crippen LogP contribution in [0.4, 0.5) is 13.2 Å². The molecule has 2 aliphatic rings. The summed E-state index contributed by atoms with van der Waals surface area (Å²) in [4.78, 5) is 0. The average Bonchev–Trinajstić information content (AvgIpc) is 2.46. The zero-order valence-electron chi connectivity index (χ0n) is 11.7. The van der Waals surface area contributed by atoms with Gasteiger partial charge in [-0.1, -0.05) is 18.2 Å². The lowest BCUT2D eigenvalue weighted by Crippen LogP contribution is -2.37. The van der Waals surface area contributed by atoms with Crippen LogP contribution in [0.3, 0.4) is 0 Å². The number of para-hydroxylation sites is 1. The third kappa shape index (κ3) is 2.76. The molecule has 0 unspecified atom stereocenters. The predicted octanol–water partition coefficient (Wildman–Crippen LogP) is 3.95. The second-order valence-electron chi connectivity index (χ2n) is 6.09. The SMILES string of the molecule is OC1(c2cccc3c2OCCC3)CCC(C(F)(F)F)CC1. The van der Waals surface area contributed by atoms with Crippen LogP contribution >= 0.6 is 0 Å². The van der Waals surface area contributed by atoms with Crippen LogP contribution in [0.2, 0.25) is 0 Å². The number of aryl methyl sites for hydroxylation is 1. The van der Waals surface area contributed by atoms with Gasteiger partial charge in [0.25, 0.3) is 0 Å². The summed E-state index contributed by atoms with van der Waals surface area (Å²) in [7, 11) is 0. The van der Waals surface area contributed by atoms with E-state index in [4.69, 9.17) is 4.74 Å². The van der Waals surface area contributed by atoms with Gasteiger partial charge in [-0.2, -0.15) is 13.2 Å². The molecule has 0 amide bonds. The monoisotopic (exact) mass is 300 g/mol. The van der Waals surface area contributed by atoms with E-state index in [1.165, 1.54) is 0 Å². The lowest BCUT2D eigenvalue weighted by molar-refractivity contribution is -0.193. The molecule has 116 valence electrons. The normalized spacial score (nSPS) is 29.6. The molecule has 1 aliphatic carbocycles. The van der Waals surface area contributed by atoms with Crippen LogP contribution in [-0.2, 0) is 12.0 Å². The van der Waals surface area contributed by atoms with Crippen LogP contribution in [0.25, 0.3) is 0 Å². The first-order chi connectivity index (χ1) is 9.90. The molecule has 21 heavy (non-hydrogen) atoms. The zero-order chi connectivity index (χ0) is 15.1. The number of fused-ring (bicyclic) bond motifs is 1. The molecule has 1 N–H and O–H groups in total. The summed E-state index contributed by atoms with van der Waals surface area (Å²) in [6, 6.07) is 5.61. The lowest BCUT2D eigenvalue weighted by atomic mass is 9.74. The molecular weight excluding hydrogens is 281 g/mol. The molecule has 1 saturated carbocycles. The predicted molar refractivity (Wildman–Crippen MR) is 72.2 cm³/mol. The number of ether oxygens (including phenoxy) is 1. The van der Waals surface area contributed by atoms with Crippen LogP contribution < -0.4 is 4.74 Å². The molecule has 3 rings (SSSR count). The number of rotatable bonds is 1. The number of hydrogen-bond donors (Lipinski definition) is 1. The summed E-state index contributed by atoms with van der Waals surface area (Å²) < 4.78 is 44.0. The van der Waals surface area contributed by atoms with Gasteiger partial charge < -0.3 is 9.84 Å². The molecule has 2 nitrogen and oxygen atoms in total. The molecule has 0 spiro atoms. The van der Waals surface area contributed by atoms with Gasteiger partial charge in [0.05, 0.1) is 18.1 Å². The highest BCUT2D eigenvalue weighted by atomic mass is 19.4. The smallest absolute Gasteiger partial charge is 0.391 e. The fraction of sp³-hybridized carbons (Fsp3) is 0.625. The van der Waals surface area contributed by atoms with Crippen molar-refractivity contribution in [2.75, 3.05) is 6.61 Å². The Morgan fingerprint density at radius 1 is 1.19 bits per heavy atom. The first-order valence-corrected chi connectivity index (χ1v) is 7.44. The lowest BCUT2D eigenvalue weighted by Gasteiger charge is -2.38. The molecule has 0 aromatic heterocycles. The highest BCUT2D eigenvalue weighted by Gasteiger charge is 2.46. The highest BCUT2D eigenvalue weighted by molar-refractivity contribution is 5.46. The number of alkyl halides is 3. The van der Waals surface area contributed by atoms with Gasteiger partial charge in [0.1, 0.15) is 5.75 Å². The highest BCUT2D eigenvalue weighted by Crippen LogP contribution is 2.48. The van der Waals surface area contributed by atoms with Crippen molar-refractivity contribution in [2.45, 2.75) is 50.3 Å². The molecule has 0 saturated heterocycles. The molecule has 1 aromatic carbocycles. The van der Waals surface area contributed by atoms with Gasteiger partial charge in [-0.15, -0.1) is 0 Å². The molecular formula is C16H19F3O2. The van der Waals surface area contributed by atoms with E-state index in [1.54, 1.807) is 6.07 Å². The number of halogens is 3. The van der Waals surface area contributed by atoms with Gasteiger partial charge >= 0.3 is 6.18 Å². The number of hydrogen-bond acceptors (Lipinski definition) is 2. The third-order valence-electron chi connectivity index (χ3n) is 4.71. The maximum atomic E-state index is 12.8. The van der Waals surface area contributed by atoms with Gasteiger partial charge in [-0.05, 0) is 44.1 Å². The van der Waals surface area contributed by atoms with Crippen molar-refractivity contribution >= 4 is 0 Å². The van der Waals surface area contributed by atoms with Gasteiger partial charge in [0.15, 0.2) is 0 Å². The summed E-state index contributed by atoms with van der Waals surface area (Å²) in [5, 5.41) is 10.8. The number of benzene rings is 1. The largest absolute Gasteiger partial charge is 0.493 e. The molecule has 0 radical (unpaired) electrons. The van der Waals surface area contributed by atoms with Crippen LogP contribution in [0.15, 0.2) is 18.2 Å². The minimum Gasteiger partial charge on any atom is -0.493 e. The molecule has 1 aromatic rings. The Labute approximate surface area is 121 Å². The fourth-order valence-electron chi connectivity index (χ4n) is 3.45. The van der Waals surface area contributed by atoms with Crippen LogP contribution in [0, 0.1) is 5.92 Å². The van der Waals surface area contributed by atoms with Crippen molar-refractivity contribution in [1.29, 1.82) is 0 Å². The van der Waals surface area contributed by atoms with E-state index in [0.29, 0.717) is 17.9 Å². The van der Waals surface area contributed by atoms with E-state index in [0.717, 1.165) is 18.4 Å². The summed E-state index contributed by atoms with van der Waals surface area (Å²) in [6.07, 6.45) is -2.11. The standard InChI is InChI=1S/C16H19F3O2/c17-16(18,19)12-6-8-15(20,9-7-12)13-5-1-3-11-4-2-10-21-14(11)13/h1,3,5,12,20H,2,4,6-10H2. The maximum Gasteiger partial charge on any atom is 0.391 e. The Kier molecular flexibility index (Phi) is 3.64. The Hall–Kier alpha value is -1.23. The average molecular weight is 300 g/mol. The summed E-state index contributed by atoms with van der Waals surface area (Å²) in [5.74, 6) is -0.602. The molecule has 1 fully saturated rings. The van der Waals surface area contributed by atoms with E-state index in [9.17, 15) is 18.3 Å². The van der Waals surface area contributed by atoms with Crippen LogP contribution in [-0.4, -0.2) is 17.9 Å². The van der Waals surface area contributed by atoms with E-state index in [-0.39, 0.29) is 25.7 Å². The first kappa shape index (κ1) is 14.7. The number of aliphatic hydroxyl groups is 1. The van der Waals surface area contributed by atoms with Crippen molar-refractivity contribution in [1.82, 2.24) is 0 Å². The summed E-state index contributed by atoms with van der Waals surface area (Å²) >= 11 is 0. The summed E-state index contributed by atoms with van der Waals surface area (Å²) in [5.41, 5.74) is 0.523. The van der Waals surface area contributed by atoms with E-state index >= 15 is 0 Å². The third-order valence-corrected chi connectivity index (χ3v) is 4.71. The molecule has 1 heterocycles.